The molecule has 0 amide bonds. The molecular formula is C16H25NO3. The van der Waals surface area contributed by atoms with Gasteiger partial charge in [-0.15, -0.1) is 0 Å². The summed E-state index contributed by atoms with van der Waals surface area (Å²) < 4.78 is 11.1. The number of methoxy groups -OCH3 is 1. The van der Waals surface area contributed by atoms with Gasteiger partial charge in [0.15, 0.2) is 0 Å². The van der Waals surface area contributed by atoms with Gasteiger partial charge in [-0.1, -0.05) is 25.0 Å². The molecule has 4 nitrogen and oxygen atoms in total. The second kappa shape index (κ2) is 7.62. The molecule has 1 aromatic rings. The van der Waals surface area contributed by atoms with Crippen LogP contribution in [0.2, 0.25) is 0 Å². The van der Waals surface area contributed by atoms with E-state index in [2.05, 4.69) is 0 Å². The van der Waals surface area contributed by atoms with Crippen LogP contribution in [0.1, 0.15) is 37.4 Å². The van der Waals surface area contributed by atoms with Crippen molar-refractivity contribution in [2.24, 2.45) is 11.7 Å². The van der Waals surface area contributed by atoms with E-state index in [4.69, 9.17) is 15.2 Å². The summed E-state index contributed by atoms with van der Waals surface area (Å²) in [6.45, 7) is 0.980. The molecule has 0 radical (unpaired) electrons. The summed E-state index contributed by atoms with van der Waals surface area (Å²) in [7, 11) is 1.62. The van der Waals surface area contributed by atoms with Gasteiger partial charge in [-0.2, -0.15) is 0 Å². The van der Waals surface area contributed by atoms with E-state index >= 15 is 0 Å². The fourth-order valence-electron chi connectivity index (χ4n) is 2.82. The SMILES string of the molecule is COc1cccc(C(O)COC2CCCCC2CN)c1. The Labute approximate surface area is 120 Å². The topological polar surface area (TPSA) is 64.7 Å². The molecule has 0 saturated heterocycles. The van der Waals surface area contributed by atoms with Gasteiger partial charge in [0.2, 0.25) is 0 Å². The quantitative estimate of drug-likeness (QED) is 0.838. The Balaban J connectivity index is 1.88. The average Bonchev–Trinajstić information content (AvgIpc) is 2.52. The minimum Gasteiger partial charge on any atom is -0.497 e. The molecule has 1 aromatic carbocycles. The Morgan fingerprint density at radius 2 is 2.15 bits per heavy atom. The van der Waals surface area contributed by atoms with Gasteiger partial charge >= 0.3 is 0 Å². The number of ether oxygens (including phenoxy) is 2. The first-order chi connectivity index (χ1) is 9.74. The van der Waals surface area contributed by atoms with Crippen LogP contribution in [0.25, 0.3) is 0 Å². The number of hydrogen-bond acceptors (Lipinski definition) is 4. The standard InChI is InChI=1S/C16H25NO3/c1-19-14-7-4-6-12(9-14)15(18)11-20-16-8-3-2-5-13(16)10-17/h4,6-7,9,13,15-16,18H,2-3,5,8,10-11,17H2,1H3. The summed E-state index contributed by atoms with van der Waals surface area (Å²) in [5.41, 5.74) is 6.61. The largest absolute Gasteiger partial charge is 0.497 e. The lowest BCUT2D eigenvalue weighted by Gasteiger charge is -2.31. The minimum atomic E-state index is -0.620. The third kappa shape index (κ3) is 3.95. The monoisotopic (exact) mass is 279 g/mol. The van der Waals surface area contributed by atoms with Crippen LogP contribution >= 0.6 is 0 Å². The van der Waals surface area contributed by atoms with Crippen LogP contribution in [0, 0.1) is 5.92 Å². The molecule has 20 heavy (non-hydrogen) atoms. The molecule has 1 saturated carbocycles. The van der Waals surface area contributed by atoms with Crippen LogP contribution in [-0.4, -0.2) is 31.5 Å². The van der Waals surface area contributed by atoms with Gasteiger partial charge in [0.05, 0.1) is 19.8 Å². The summed E-state index contributed by atoms with van der Waals surface area (Å²) in [5, 5.41) is 10.2. The number of aliphatic hydroxyl groups is 1. The highest BCUT2D eigenvalue weighted by atomic mass is 16.5. The molecule has 0 aliphatic heterocycles. The van der Waals surface area contributed by atoms with E-state index in [1.54, 1.807) is 7.11 Å². The van der Waals surface area contributed by atoms with E-state index in [0.717, 1.165) is 24.2 Å². The molecule has 0 heterocycles. The van der Waals surface area contributed by atoms with Crippen LogP contribution in [0.5, 0.6) is 5.75 Å². The summed E-state index contributed by atoms with van der Waals surface area (Å²) >= 11 is 0. The van der Waals surface area contributed by atoms with Crippen LogP contribution in [0.4, 0.5) is 0 Å². The first-order valence-corrected chi connectivity index (χ1v) is 7.38. The smallest absolute Gasteiger partial charge is 0.119 e. The molecule has 4 heteroatoms. The van der Waals surface area contributed by atoms with Crippen LogP contribution in [-0.2, 0) is 4.74 Å². The first kappa shape index (κ1) is 15.3. The molecule has 0 spiro atoms. The maximum absolute atomic E-state index is 10.2. The van der Waals surface area contributed by atoms with E-state index in [1.807, 2.05) is 24.3 Å². The highest BCUT2D eigenvalue weighted by Crippen LogP contribution is 2.27. The molecular weight excluding hydrogens is 254 g/mol. The highest BCUT2D eigenvalue weighted by molar-refractivity contribution is 5.29. The molecule has 1 aliphatic rings. The number of benzene rings is 1. The number of nitrogens with two attached hydrogens (primary N) is 1. The second-order valence-electron chi connectivity index (χ2n) is 5.44. The van der Waals surface area contributed by atoms with E-state index in [9.17, 15) is 5.11 Å². The minimum absolute atomic E-state index is 0.189. The van der Waals surface area contributed by atoms with Crippen LogP contribution in [0.15, 0.2) is 24.3 Å². The zero-order valence-corrected chi connectivity index (χ0v) is 12.1. The Bertz CT molecular complexity index is 410. The first-order valence-electron chi connectivity index (χ1n) is 7.38. The molecule has 112 valence electrons. The van der Waals surface area contributed by atoms with Crippen molar-refractivity contribution in [3.8, 4) is 5.75 Å². The number of rotatable bonds is 6. The average molecular weight is 279 g/mol. The van der Waals surface area contributed by atoms with Gasteiger partial charge < -0.3 is 20.3 Å². The van der Waals surface area contributed by atoms with Crippen molar-refractivity contribution in [1.82, 2.24) is 0 Å². The second-order valence-corrected chi connectivity index (χ2v) is 5.44. The summed E-state index contributed by atoms with van der Waals surface area (Å²) in [6, 6.07) is 7.47. The summed E-state index contributed by atoms with van der Waals surface area (Å²) in [6.07, 6.45) is 4.18. The maximum atomic E-state index is 10.2. The molecule has 3 atom stereocenters. The van der Waals surface area contributed by atoms with Gasteiger partial charge in [0.1, 0.15) is 11.9 Å². The normalized spacial score (nSPS) is 24.4. The van der Waals surface area contributed by atoms with Gasteiger partial charge in [-0.25, -0.2) is 0 Å². The Hall–Kier alpha value is -1.10. The summed E-state index contributed by atoms with van der Waals surface area (Å²) in [5.74, 6) is 1.18. The zero-order valence-electron chi connectivity index (χ0n) is 12.1. The van der Waals surface area contributed by atoms with Gasteiger partial charge in [-0.3, -0.25) is 0 Å². The zero-order chi connectivity index (χ0) is 14.4. The van der Waals surface area contributed by atoms with Crippen molar-refractivity contribution < 1.29 is 14.6 Å². The lowest BCUT2D eigenvalue weighted by atomic mass is 9.86. The van der Waals surface area contributed by atoms with Crippen LogP contribution < -0.4 is 10.5 Å². The van der Waals surface area contributed by atoms with Crippen molar-refractivity contribution in [3.63, 3.8) is 0 Å². The Morgan fingerprint density at radius 3 is 2.90 bits per heavy atom. The third-order valence-electron chi connectivity index (χ3n) is 4.09. The lowest BCUT2D eigenvalue weighted by Crippen LogP contribution is -2.34. The van der Waals surface area contributed by atoms with E-state index in [0.29, 0.717) is 19.1 Å². The molecule has 0 bridgehead atoms. The molecule has 3 unspecified atom stereocenters. The fourth-order valence-corrected chi connectivity index (χ4v) is 2.82. The van der Waals surface area contributed by atoms with Crippen molar-refractivity contribution in [1.29, 1.82) is 0 Å². The Kier molecular flexibility index (Phi) is 5.83. The summed E-state index contributed by atoms with van der Waals surface area (Å²) in [4.78, 5) is 0. The van der Waals surface area contributed by atoms with E-state index in [-0.39, 0.29) is 6.10 Å². The van der Waals surface area contributed by atoms with Gasteiger partial charge in [0, 0.05) is 0 Å². The van der Waals surface area contributed by atoms with Gasteiger partial charge in [0.25, 0.3) is 0 Å². The molecule has 3 N–H and O–H groups in total. The predicted octanol–water partition coefficient (Wildman–Crippen LogP) is 2.26. The maximum Gasteiger partial charge on any atom is 0.119 e. The molecule has 0 aromatic heterocycles. The molecule has 1 fully saturated rings. The third-order valence-corrected chi connectivity index (χ3v) is 4.09. The predicted molar refractivity (Wildman–Crippen MR) is 78.7 cm³/mol. The van der Waals surface area contributed by atoms with E-state index < -0.39 is 6.10 Å². The Morgan fingerprint density at radius 1 is 1.35 bits per heavy atom. The lowest BCUT2D eigenvalue weighted by molar-refractivity contribution is -0.0487. The molecule has 2 rings (SSSR count). The fraction of sp³-hybridized carbons (Fsp3) is 0.625. The van der Waals surface area contributed by atoms with Crippen molar-refractivity contribution in [3.05, 3.63) is 29.8 Å². The number of hydrogen-bond donors (Lipinski definition) is 2. The number of aliphatic hydroxyl groups excluding tert-OH is 1. The van der Waals surface area contributed by atoms with Crippen molar-refractivity contribution in [2.45, 2.75) is 37.9 Å². The van der Waals surface area contributed by atoms with Gasteiger partial charge in [-0.05, 0) is 43.0 Å². The van der Waals surface area contributed by atoms with Crippen LogP contribution in [0.3, 0.4) is 0 Å². The highest BCUT2D eigenvalue weighted by Gasteiger charge is 2.25. The van der Waals surface area contributed by atoms with Crippen molar-refractivity contribution in [2.75, 3.05) is 20.3 Å². The molecule has 1 aliphatic carbocycles. The van der Waals surface area contributed by atoms with E-state index in [1.165, 1.54) is 12.8 Å². The van der Waals surface area contributed by atoms with Crippen molar-refractivity contribution >= 4 is 0 Å².